The Kier molecular flexibility index (Phi) is 6.77. The molecule has 2 aromatic carbocycles. The number of benzene rings is 2. The van der Waals surface area contributed by atoms with E-state index in [0.29, 0.717) is 13.0 Å². The quantitative estimate of drug-likeness (QED) is 0.579. The first-order chi connectivity index (χ1) is 16.0. The van der Waals surface area contributed by atoms with E-state index in [4.69, 9.17) is 5.73 Å². The maximum absolute atomic E-state index is 14.0. The number of nitrogens with one attached hydrogen (secondary N) is 1. The van der Waals surface area contributed by atoms with E-state index < -0.39 is 11.2 Å². The lowest BCUT2D eigenvalue weighted by molar-refractivity contribution is -0.120. The standard InChI is InChI=1S/C26H30N4O3/c1-2-3-16-29-23(27)22(24(31)28-26(29)33)30(17-18-10-5-4-6-11-18)25(32)21-15-9-13-19-12-7-8-14-20(19)21/h4-8,10-12,14,21H,2-3,9,13,15-17,27H2,1H3,(H,28,31,33)/t21-/m0/s1. The number of aryl methyl sites for hydroxylation is 1. The number of nitrogens with zero attached hydrogens (tertiary/aromatic N) is 2. The van der Waals surface area contributed by atoms with Crippen molar-refractivity contribution in [2.75, 3.05) is 10.6 Å². The molecule has 1 aliphatic rings. The summed E-state index contributed by atoms with van der Waals surface area (Å²) in [7, 11) is 0. The summed E-state index contributed by atoms with van der Waals surface area (Å²) in [5.41, 5.74) is 8.28. The molecule has 0 saturated carbocycles. The van der Waals surface area contributed by atoms with Gasteiger partial charge in [0.05, 0.1) is 12.5 Å². The number of unbranched alkanes of at least 4 members (excludes halogenated alkanes) is 1. The highest BCUT2D eigenvalue weighted by Crippen LogP contribution is 2.35. The van der Waals surface area contributed by atoms with E-state index in [0.717, 1.165) is 42.4 Å². The zero-order chi connectivity index (χ0) is 23.4. The summed E-state index contributed by atoms with van der Waals surface area (Å²) in [6.07, 6.45) is 4.14. The molecule has 1 aromatic heterocycles. The lowest BCUT2D eigenvalue weighted by Gasteiger charge is -2.31. The lowest BCUT2D eigenvalue weighted by atomic mass is 9.82. The number of nitrogen functional groups attached to an aromatic ring is 1. The number of aromatic nitrogens is 2. The molecule has 0 radical (unpaired) electrons. The number of fused-ring (bicyclic) bond motifs is 1. The van der Waals surface area contributed by atoms with Crippen molar-refractivity contribution >= 4 is 17.4 Å². The van der Waals surface area contributed by atoms with Gasteiger partial charge in [-0.05, 0) is 42.4 Å². The molecule has 0 unspecified atom stereocenters. The van der Waals surface area contributed by atoms with Crippen LogP contribution in [0.5, 0.6) is 0 Å². The van der Waals surface area contributed by atoms with Crippen molar-refractivity contribution < 1.29 is 4.79 Å². The molecule has 4 rings (SSSR count). The van der Waals surface area contributed by atoms with Gasteiger partial charge in [0.2, 0.25) is 5.91 Å². The smallest absolute Gasteiger partial charge is 0.330 e. The van der Waals surface area contributed by atoms with Gasteiger partial charge in [-0.25, -0.2) is 4.79 Å². The maximum Gasteiger partial charge on any atom is 0.330 e. The highest BCUT2D eigenvalue weighted by Gasteiger charge is 2.33. The Morgan fingerprint density at radius 1 is 1.12 bits per heavy atom. The van der Waals surface area contributed by atoms with E-state index in [1.165, 1.54) is 9.47 Å². The number of H-pyrrole nitrogens is 1. The normalized spacial score (nSPS) is 15.1. The van der Waals surface area contributed by atoms with Gasteiger partial charge in [-0.1, -0.05) is 67.9 Å². The third kappa shape index (κ3) is 4.62. The molecule has 7 heteroatoms. The summed E-state index contributed by atoms with van der Waals surface area (Å²) in [6.45, 7) is 2.59. The Labute approximate surface area is 192 Å². The molecule has 33 heavy (non-hydrogen) atoms. The maximum atomic E-state index is 14.0. The van der Waals surface area contributed by atoms with Crippen LogP contribution in [0.2, 0.25) is 0 Å². The monoisotopic (exact) mass is 446 g/mol. The van der Waals surface area contributed by atoms with Crippen molar-refractivity contribution in [3.63, 3.8) is 0 Å². The number of carbonyl (C=O) groups excluding carboxylic acids is 1. The van der Waals surface area contributed by atoms with Crippen LogP contribution in [0, 0.1) is 0 Å². The molecule has 0 aliphatic heterocycles. The fourth-order valence-corrected chi connectivity index (χ4v) is 4.61. The van der Waals surface area contributed by atoms with E-state index in [1.807, 2.05) is 55.5 Å². The topological polar surface area (TPSA) is 101 Å². The van der Waals surface area contributed by atoms with Gasteiger partial charge in [0, 0.05) is 6.54 Å². The summed E-state index contributed by atoms with van der Waals surface area (Å²) < 4.78 is 1.36. The molecule has 172 valence electrons. The first-order valence-corrected chi connectivity index (χ1v) is 11.6. The number of carbonyl (C=O) groups is 1. The van der Waals surface area contributed by atoms with Gasteiger partial charge < -0.3 is 5.73 Å². The van der Waals surface area contributed by atoms with Gasteiger partial charge in [0.1, 0.15) is 5.82 Å². The van der Waals surface area contributed by atoms with Crippen LogP contribution < -0.4 is 21.9 Å². The Morgan fingerprint density at radius 2 is 1.85 bits per heavy atom. The summed E-state index contributed by atoms with van der Waals surface area (Å²) in [5.74, 6) is -0.511. The van der Waals surface area contributed by atoms with Crippen molar-refractivity contribution in [2.45, 2.75) is 58.0 Å². The number of aromatic amines is 1. The van der Waals surface area contributed by atoms with Crippen LogP contribution in [0.3, 0.4) is 0 Å². The third-order valence-electron chi connectivity index (χ3n) is 6.34. The molecule has 0 bridgehead atoms. The molecule has 1 amide bonds. The highest BCUT2D eigenvalue weighted by atomic mass is 16.2. The third-order valence-corrected chi connectivity index (χ3v) is 6.34. The average molecular weight is 447 g/mol. The molecular formula is C26H30N4O3. The van der Waals surface area contributed by atoms with Gasteiger partial charge >= 0.3 is 5.69 Å². The summed E-state index contributed by atoms with van der Waals surface area (Å²) in [4.78, 5) is 43.3. The van der Waals surface area contributed by atoms with E-state index in [-0.39, 0.29) is 29.9 Å². The Morgan fingerprint density at radius 3 is 2.61 bits per heavy atom. The van der Waals surface area contributed by atoms with Crippen LogP contribution >= 0.6 is 0 Å². The summed E-state index contributed by atoms with van der Waals surface area (Å²) >= 11 is 0. The van der Waals surface area contributed by atoms with Crippen LogP contribution in [-0.4, -0.2) is 15.5 Å². The second-order valence-corrected chi connectivity index (χ2v) is 8.55. The molecule has 3 N–H and O–H groups in total. The van der Waals surface area contributed by atoms with Crippen molar-refractivity contribution in [1.29, 1.82) is 0 Å². The molecule has 7 nitrogen and oxygen atoms in total. The summed E-state index contributed by atoms with van der Waals surface area (Å²) in [6, 6.07) is 17.5. The first kappa shape index (κ1) is 22.6. The van der Waals surface area contributed by atoms with Crippen molar-refractivity contribution in [1.82, 2.24) is 9.55 Å². The molecular weight excluding hydrogens is 416 g/mol. The van der Waals surface area contributed by atoms with Crippen molar-refractivity contribution in [3.05, 3.63) is 92.1 Å². The van der Waals surface area contributed by atoms with E-state index in [9.17, 15) is 14.4 Å². The fraction of sp³-hybridized carbons (Fsp3) is 0.346. The largest absolute Gasteiger partial charge is 0.383 e. The molecule has 0 fully saturated rings. The molecule has 1 heterocycles. The minimum Gasteiger partial charge on any atom is -0.383 e. The molecule has 1 atom stereocenters. The number of rotatable bonds is 7. The second kappa shape index (κ2) is 9.90. The van der Waals surface area contributed by atoms with Gasteiger partial charge in [-0.3, -0.25) is 24.0 Å². The van der Waals surface area contributed by atoms with Gasteiger partial charge in [0.25, 0.3) is 5.56 Å². The van der Waals surface area contributed by atoms with Crippen LogP contribution in [-0.2, 0) is 24.3 Å². The molecule has 0 saturated heterocycles. The molecule has 1 aliphatic carbocycles. The van der Waals surface area contributed by atoms with Crippen molar-refractivity contribution in [3.8, 4) is 0 Å². The predicted molar refractivity (Wildman–Crippen MR) is 130 cm³/mol. The Balaban J connectivity index is 1.83. The van der Waals surface area contributed by atoms with E-state index in [2.05, 4.69) is 11.1 Å². The molecule has 0 spiro atoms. The van der Waals surface area contributed by atoms with E-state index in [1.54, 1.807) is 0 Å². The Bertz CT molecular complexity index is 1250. The van der Waals surface area contributed by atoms with Gasteiger partial charge in [0.15, 0.2) is 5.69 Å². The van der Waals surface area contributed by atoms with Crippen LogP contribution in [0.15, 0.2) is 64.2 Å². The number of hydrogen-bond acceptors (Lipinski definition) is 4. The number of nitrogens with two attached hydrogens (primary N) is 1. The minimum atomic E-state index is -0.640. The van der Waals surface area contributed by atoms with Gasteiger partial charge in [-0.2, -0.15) is 0 Å². The zero-order valence-corrected chi connectivity index (χ0v) is 18.9. The summed E-state index contributed by atoms with van der Waals surface area (Å²) in [5, 5.41) is 0. The Hall–Kier alpha value is -3.61. The number of hydrogen-bond donors (Lipinski definition) is 2. The lowest BCUT2D eigenvalue weighted by Crippen LogP contribution is -2.43. The predicted octanol–water partition coefficient (Wildman–Crippen LogP) is 3.57. The van der Waals surface area contributed by atoms with Crippen LogP contribution in [0.25, 0.3) is 0 Å². The average Bonchev–Trinajstić information content (AvgIpc) is 2.83. The number of anilines is 2. The molecule has 3 aromatic rings. The highest BCUT2D eigenvalue weighted by molar-refractivity contribution is 6.00. The second-order valence-electron chi connectivity index (χ2n) is 8.55. The van der Waals surface area contributed by atoms with Crippen LogP contribution in [0.4, 0.5) is 11.5 Å². The number of amides is 1. The zero-order valence-electron chi connectivity index (χ0n) is 18.9. The minimum absolute atomic E-state index is 0.0329. The van der Waals surface area contributed by atoms with Crippen molar-refractivity contribution in [2.24, 2.45) is 0 Å². The van der Waals surface area contributed by atoms with Gasteiger partial charge in [-0.15, -0.1) is 0 Å². The SMILES string of the molecule is CCCCn1c(N)c(N(Cc2ccccc2)C(=O)[C@H]2CCCc3ccccc32)c(=O)[nH]c1=O. The first-order valence-electron chi connectivity index (χ1n) is 11.6. The van der Waals surface area contributed by atoms with Crippen LogP contribution in [0.1, 0.15) is 55.2 Å². The fourth-order valence-electron chi connectivity index (χ4n) is 4.61. The van der Waals surface area contributed by atoms with E-state index >= 15 is 0 Å².